The molecule has 0 saturated heterocycles. The highest BCUT2D eigenvalue weighted by atomic mass is 16.5. The predicted molar refractivity (Wildman–Crippen MR) is 65.5 cm³/mol. The number of hydrogen-bond donors (Lipinski definition) is 2. The number of hydrazine groups is 1. The lowest BCUT2D eigenvalue weighted by Gasteiger charge is -2.21. The molecule has 3 heteroatoms. The maximum Gasteiger partial charge on any atom is 0.0466 e. The molecule has 15 heavy (non-hydrogen) atoms. The van der Waals surface area contributed by atoms with E-state index in [9.17, 15) is 0 Å². The lowest BCUT2D eigenvalue weighted by Crippen LogP contribution is -2.36. The first-order valence-electron chi connectivity index (χ1n) is 6.32. The van der Waals surface area contributed by atoms with Gasteiger partial charge in [-0.3, -0.25) is 11.3 Å². The van der Waals surface area contributed by atoms with Crippen molar-refractivity contribution in [3.05, 3.63) is 0 Å². The minimum atomic E-state index is 0.454. The predicted octanol–water partition coefficient (Wildman–Crippen LogP) is 2.46. The van der Waals surface area contributed by atoms with Gasteiger partial charge in [0.2, 0.25) is 0 Å². The SMILES string of the molecule is CCOCCCC(CC(CC)CC)NN. The summed E-state index contributed by atoms with van der Waals surface area (Å²) in [5, 5.41) is 0. The van der Waals surface area contributed by atoms with Crippen molar-refractivity contribution in [2.75, 3.05) is 13.2 Å². The zero-order chi connectivity index (χ0) is 11.5. The fourth-order valence-corrected chi connectivity index (χ4v) is 1.87. The Kier molecular flexibility index (Phi) is 10.3. The van der Waals surface area contributed by atoms with Gasteiger partial charge in [-0.2, -0.15) is 0 Å². The molecule has 0 spiro atoms. The zero-order valence-corrected chi connectivity index (χ0v) is 10.6. The monoisotopic (exact) mass is 216 g/mol. The van der Waals surface area contributed by atoms with Crippen LogP contribution in [0.4, 0.5) is 0 Å². The molecule has 0 radical (unpaired) electrons. The quantitative estimate of drug-likeness (QED) is 0.335. The lowest BCUT2D eigenvalue weighted by atomic mass is 9.93. The zero-order valence-electron chi connectivity index (χ0n) is 10.6. The highest BCUT2D eigenvalue weighted by molar-refractivity contribution is 4.68. The van der Waals surface area contributed by atoms with Crippen LogP contribution in [0.15, 0.2) is 0 Å². The van der Waals surface area contributed by atoms with Gasteiger partial charge in [-0.25, -0.2) is 0 Å². The van der Waals surface area contributed by atoms with Crippen LogP contribution in [0.3, 0.4) is 0 Å². The number of ether oxygens (including phenoxy) is 1. The Morgan fingerprint density at radius 1 is 1.20 bits per heavy atom. The highest BCUT2D eigenvalue weighted by Crippen LogP contribution is 2.16. The molecule has 0 rings (SSSR count). The Morgan fingerprint density at radius 3 is 2.33 bits per heavy atom. The van der Waals surface area contributed by atoms with E-state index in [4.69, 9.17) is 10.6 Å². The molecule has 0 aliphatic heterocycles. The van der Waals surface area contributed by atoms with Crippen LogP contribution < -0.4 is 11.3 Å². The van der Waals surface area contributed by atoms with Gasteiger partial charge in [0.1, 0.15) is 0 Å². The van der Waals surface area contributed by atoms with E-state index in [1.54, 1.807) is 0 Å². The van der Waals surface area contributed by atoms with E-state index in [2.05, 4.69) is 19.3 Å². The average molecular weight is 216 g/mol. The fraction of sp³-hybridized carbons (Fsp3) is 1.00. The molecule has 1 unspecified atom stereocenters. The van der Waals surface area contributed by atoms with E-state index >= 15 is 0 Å². The standard InChI is InChI=1S/C12H28N2O/c1-4-11(5-2)10-12(14-13)8-7-9-15-6-3/h11-12,14H,4-10,13H2,1-3H3. The van der Waals surface area contributed by atoms with E-state index in [0.29, 0.717) is 6.04 Å². The summed E-state index contributed by atoms with van der Waals surface area (Å²) in [5.41, 5.74) is 2.92. The topological polar surface area (TPSA) is 47.3 Å². The molecular formula is C12H28N2O. The van der Waals surface area contributed by atoms with Crippen LogP contribution in [-0.4, -0.2) is 19.3 Å². The molecule has 0 aromatic carbocycles. The van der Waals surface area contributed by atoms with Crippen LogP contribution in [0.2, 0.25) is 0 Å². The minimum Gasteiger partial charge on any atom is -0.382 e. The molecule has 0 amide bonds. The molecule has 3 nitrogen and oxygen atoms in total. The number of nitrogens with one attached hydrogen (secondary N) is 1. The summed E-state index contributed by atoms with van der Waals surface area (Å²) in [5.74, 6) is 6.36. The van der Waals surface area contributed by atoms with Crippen molar-refractivity contribution in [2.45, 2.75) is 58.9 Å². The molecule has 0 saturated carbocycles. The van der Waals surface area contributed by atoms with Gasteiger partial charge in [-0.1, -0.05) is 26.7 Å². The first-order valence-corrected chi connectivity index (χ1v) is 6.32. The van der Waals surface area contributed by atoms with Crippen molar-refractivity contribution in [3.8, 4) is 0 Å². The maximum absolute atomic E-state index is 5.55. The maximum atomic E-state index is 5.55. The van der Waals surface area contributed by atoms with Gasteiger partial charge < -0.3 is 4.74 Å². The summed E-state index contributed by atoms with van der Waals surface area (Å²) in [4.78, 5) is 0. The molecule has 3 N–H and O–H groups in total. The number of rotatable bonds is 10. The molecule has 0 aliphatic rings. The van der Waals surface area contributed by atoms with Gasteiger partial charge in [-0.05, 0) is 32.1 Å². The first kappa shape index (κ1) is 14.9. The molecule has 0 aliphatic carbocycles. The second-order valence-corrected chi connectivity index (χ2v) is 4.12. The molecule has 0 bridgehead atoms. The third-order valence-corrected chi connectivity index (χ3v) is 3.05. The van der Waals surface area contributed by atoms with Crippen LogP contribution in [0.1, 0.15) is 52.9 Å². The van der Waals surface area contributed by atoms with Gasteiger partial charge in [0.05, 0.1) is 0 Å². The van der Waals surface area contributed by atoms with Crippen molar-refractivity contribution in [3.63, 3.8) is 0 Å². The summed E-state index contributed by atoms with van der Waals surface area (Å²) in [6.45, 7) is 8.21. The summed E-state index contributed by atoms with van der Waals surface area (Å²) < 4.78 is 5.32. The molecule has 92 valence electrons. The van der Waals surface area contributed by atoms with Gasteiger partial charge in [0.25, 0.3) is 0 Å². The number of nitrogens with two attached hydrogens (primary N) is 1. The van der Waals surface area contributed by atoms with Crippen LogP contribution in [0.5, 0.6) is 0 Å². The van der Waals surface area contributed by atoms with Crippen LogP contribution in [0.25, 0.3) is 0 Å². The normalized spacial score (nSPS) is 13.4. The van der Waals surface area contributed by atoms with E-state index in [-0.39, 0.29) is 0 Å². The summed E-state index contributed by atoms with van der Waals surface area (Å²) >= 11 is 0. The van der Waals surface area contributed by atoms with Crippen LogP contribution >= 0.6 is 0 Å². The summed E-state index contributed by atoms with van der Waals surface area (Å²) in [6, 6.07) is 0.454. The molecule has 0 heterocycles. The molecule has 0 aromatic heterocycles. The van der Waals surface area contributed by atoms with Crippen molar-refractivity contribution in [2.24, 2.45) is 11.8 Å². The lowest BCUT2D eigenvalue weighted by molar-refractivity contribution is 0.139. The van der Waals surface area contributed by atoms with Crippen molar-refractivity contribution >= 4 is 0 Å². The van der Waals surface area contributed by atoms with Gasteiger partial charge in [0, 0.05) is 19.3 Å². The largest absolute Gasteiger partial charge is 0.382 e. The third-order valence-electron chi connectivity index (χ3n) is 3.05. The van der Waals surface area contributed by atoms with Crippen LogP contribution in [0, 0.1) is 5.92 Å². The number of hydrogen-bond acceptors (Lipinski definition) is 3. The van der Waals surface area contributed by atoms with Gasteiger partial charge >= 0.3 is 0 Å². The average Bonchev–Trinajstić information content (AvgIpc) is 2.28. The Morgan fingerprint density at radius 2 is 1.87 bits per heavy atom. The smallest absolute Gasteiger partial charge is 0.0466 e. The molecule has 0 fully saturated rings. The van der Waals surface area contributed by atoms with Crippen molar-refractivity contribution in [1.29, 1.82) is 0 Å². The third kappa shape index (κ3) is 7.77. The van der Waals surface area contributed by atoms with E-state index < -0.39 is 0 Å². The van der Waals surface area contributed by atoms with Gasteiger partial charge in [0.15, 0.2) is 0 Å². The minimum absolute atomic E-state index is 0.454. The molecule has 0 aromatic rings. The fourth-order valence-electron chi connectivity index (χ4n) is 1.87. The van der Waals surface area contributed by atoms with E-state index in [1.165, 1.54) is 19.3 Å². The van der Waals surface area contributed by atoms with Crippen molar-refractivity contribution in [1.82, 2.24) is 5.43 Å². The second kappa shape index (κ2) is 10.4. The Labute approximate surface area is 94.7 Å². The van der Waals surface area contributed by atoms with E-state index in [1.807, 2.05) is 6.92 Å². The Bertz CT molecular complexity index is 127. The Balaban J connectivity index is 3.61. The summed E-state index contributed by atoms with van der Waals surface area (Å²) in [6.07, 6.45) is 5.91. The second-order valence-electron chi connectivity index (χ2n) is 4.12. The Hall–Kier alpha value is -0.120. The van der Waals surface area contributed by atoms with Gasteiger partial charge in [-0.15, -0.1) is 0 Å². The molecule has 1 atom stereocenters. The van der Waals surface area contributed by atoms with Crippen molar-refractivity contribution < 1.29 is 4.74 Å². The first-order chi connectivity index (χ1) is 7.28. The highest BCUT2D eigenvalue weighted by Gasteiger charge is 2.12. The van der Waals surface area contributed by atoms with E-state index in [0.717, 1.165) is 32.0 Å². The van der Waals surface area contributed by atoms with Crippen LogP contribution in [-0.2, 0) is 4.74 Å². The molecular weight excluding hydrogens is 188 g/mol. The summed E-state index contributed by atoms with van der Waals surface area (Å²) in [7, 11) is 0.